The Balaban J connectivity index is 1.85. The molecule has 2 N–H and O–H groups in total. The van der Waals surface area contributed by atoms with E-state index in [2.05, 4.69) is 20.2 Å². The summed E-state index contributed by atoms with van der Waals surface area (Å²) in [6.07, 6.45) is 0.745. The molecule has 26 heavy (non-hydrogen) atoms. The number of anilines is 1. The molecule has 0 bridgehead atoms. The number of rotatable bonds is 5. The standard InChI is InChI=1S/C16H20N4O4S2/c1-4-13(21)17-14-18-19-15(25-14)26(22,23)20-11-9-16(2,3)24-12-8-6-5-7-10(11)12/h5-8,11,20H,4,9H2,1-3H3,(H,17,18,21)/t11-/m0/s1. The van der Waals surface area contributed by atoms with Gasteiger partial charge in [-0.15, -0.1) is 10.2 Å². The number of carbonyl (C=O) groups is 1. The van der Waals surface area contributed by atoms with Crippen molar-refractivity contribution in [3.05, 3.63) is 29.8 Å². The van der Waals surface area contributed by atoms with Crippen molar-refractivity contribution in [3.8, 4) is 5.75 Å². The lowest BCUT2D eigenvalue weighted by atomic mass is 9.90. The largest absolute Gasteiger partial charge is 0.487 e. The van der Waals surface area contributed by atoms with E-state index in [1.54, 1.807) is 6.92 Å². The van der Waals surface area contributed by atoms with E-state index in [0.717, 1.165) is 16.9 Å². The maximum atomic E-state index is 12.7. The summed E-state index contributed by atoms with van der Waals surface area (Å²) in [6.45, 7) is 5.51. The highest BCUT2D eigenvalue weighted by atomic mass is 32.2. The van der Waals surface area contributed by atoms with Crippen molar-refractivity contribution in [1.29, 1.82) is 0 Å². The maximum absolute atomic E-state index is 12.7. The van der Waals surface area contributed by atoms with Gasteiger partial charge in [0.25, 0.3) is 10.0 Å². The average Bonchev–Trinajstić information content (AvgIpc) is 3.02. The number of hydrogen-bond acceptors (Lipinski definition) is 7. The molecule has 10 heteroatoms. The minimum Gasteiger partial charge on any atom is -0.487 e. The van der Waals surface area contributed by atoms with Crippen LogP contribution in [0.25, 0.3) is 0 Å². The Labute approximate surface area is 156 Å². The maximum Gasteiger partial charge on any atom is 0.270 e. The minimum absolute atomic E-state index is 0.157. The smallest absolute Gasteiger partial charge is 0.270 e. The zero-order valence-corrected chi connectivity index (χ0v) is 16.3. The molecule has 0 unspecified atom stereocenters. The van der Waals surface area contributed by atoms with Gasteiger partial charge in [0.2, 0.25) is 15.4 Å². The van der Waals surface area contributed by atoms with Gasteiger partial charge < -0.3 is 10.1 Å². The van der Waals surface area contributed by atoms with Gasteiger partial charge in [0, 0.05) is 18.4 Å². The quantitative estimate of drug-likeness (QED) is 0.751. The first-order valence-electron chi connectivity index (χ1n) is 8.14. The SMILES string of the molecule is CCC(=O)Nc1nnc(S(=O)(=O)N[C@H]2CC(C)(C)Oc3ccccc32)s1. The molecular weight excluding hydrogens is 376 g/mol. The fraction of sp³-hybridized carbons (Fsp3) is 0.438. The molecule has 1 aromatic carbocycles. The number of nitrogens with zero attached hydrogens (tertiary/aromatic N) is 2. The summed E-state index contributed by atoms with van der Waals surface area (Å²) in [6, 6.07) is 6.90. The topological polar surface area (TPSA) is 110 Å². The number of aromatic nitrogens is 2. The molecular formula is C16H20N4O4S2. The Morgan fingerprint density at radius 2 is 2.08 bits per heavy atom. The van der Waals surface area contributed by atoms with Crippen LogP contribution in [0.3, 0.4) is 0 Å². The van der Waals surface area contributed by atoms with Crippen molar-refractivity contribution in [2.75, 3.05) is 5.32 Å². The molecule has 0 radical (unpaired) electrons. The molecule has 0 spiro atoms. The molecule has 0 fully saturated rings. The summed E-state index contributed by atoms with van der Waals surface area (Å²) in [5.74, 6) is 0.405. The highest BCUT2D eigenvalue weighted by Crippen LogP contribution is 2.40. The van der Waals surface area contributed by atoms with Gasteiger partial charge in [0.15, 0.2) is 0 Å². The summed E-state index contributed by atoms with van der Waals surface area (Å²) < 4.78 is 33.9. The van der Waals surface area contributed by atoms with Gasteiger partial charge in [-0.2, -0.15) is 0 Å². The second-order valence-corrected chi connectivity index (χ2v) is 9.42. The number of sulfonamides is 1. The van der Waals surface area contributed by atoms with Gasteiger partial charge in [-0.05, 0) is 19.9 Å². The number of amides is 1. The predicted octanol–water partition coefficient (Wildman–Crippen LogP) is 2.47. The Bertz CT molecular complexity index is 924. The third kappa shape index (κ3) is 4.02. The number of hydrogen-bond donors (Lipinski definition) is 2. The van der Waals surface area contributed by atoms with Crippen LogP contribution in [0.4, 0.5) is 5.13 Å². The molecule has 2 aromatic rings. The van der Waals surface area contributed by atoms with E-state index in [1.165, 1.54) is 0 Å². The van der Waals surface area contributed by atoms with Crippen LogP contribution in [0.2, 0.25) is 0 Å². The van der Waals surface area contributed by atoms with Crippen molar-refractivity contribution in [2.24, 2.45) is 0 Å². The number of fused-ring (bicyclic) bond motifs is 1. The number of ether oxygens (including phenoxy) is 1. The number of para-hydroxylation sites is 1. The molecule has 1 aliphatic rings. The average molecular weight is 396 g/mol. The van der Waals surface area contributed by atoms with Gasteiger partial charge in [-0.3, -0.25) is 4.79 Å². The fourth-order valence-electron chi connectivity index (χ4n) is 2.72. The van der Waals surface area contributed by atoms with E-state index in [-0.39, 0.29) is 21.8 Å². The van der Waals surface area contributed by atoms with E-state index in [9.17, 15) is 13.2 Å². The van der Waals surface area contributed by atoms with Gasteiger partial charge in [0.05, 0.1) is 6.04 Å². The zero-order chi connectivity index (χ0) is 18.9. The third-order valence-corrected chi connectivity index (χ3v) is 6.56. The zero-order valence-electron chi connectivity index (χ0n) is 14.6. The van der Waals surface area contributed by atoms with Crippen LogP contribution in [0.15, 0.2) is 28.6 Å². The molecule has 2 heterocycles. The Hall–Kier alpha value is -2.04. The minimum atomic E-state index is -3.89. The van der Waals surface area contributed by atoms with E-state index < -0.39 is 21.7 Å². The van der Waals surface area contributed by atoms with Crippen LogP contribution in [-0.4, -0.2) is 30.1 Å². The second kappa shape index (κ2) is 6.93. The lowest BCUT2D eigenvalue weighted by Gasteiger charge is -2.37. The highest BCUT2D eigenvalue weighted by molar-refractivity contribution is 7.91. The molecule has 1 atom stereocenters. The van der Waals surface area contributed by atoms with Crippen molar-refractivity contribution in [3.63, 3.8) is 0 Å². The van der Waals surface area contributed by atoms with Gasteiger partial charge in [0.1, 0.15) is 11.4 Å². The molecule has 0 saturated heterocycles. The monoisotopic (exact) mass is 396 g/mol. The van der Waals surface area contributed by atoms with Crippen molar-refractivity contribution >= 4 is 32.4 Å². The van der Waals surface area contributed by atoms with Crippen molar-refractivity contribution < 1.29 is 17.9 Å². The first-order valence-corrected chi connectivity index (χ1v) is 10.4. The number of benzene rings is 1. The summed E-state index contributed by atoms with van der Waals surface area (Å²) in [5, 5.41) is 10.1. The van der Waals surface area contributed by atoms with Crippen LogP contribution in [-0.2, 0) is 14.8 Å². The fourth-order valence-corrected chi connectivity index (χ4v) is 4.87. The van der Waals surface area contributed by atoms with Crippen LogP contribution in [0.5, 0.6) is 5.75 Å². The molecule has 140 valence electrons. The highest BCUT2D eigenvalue weighted by Gasteiger charge is 2.36. The first-order chi connectivity index (χ1) is 12.2. The molecule has 1 aliphatic heterocycles. The first kappa shape index (κ1) is 18.7. The van der Waals surface area contributed by atoms with Crippen molar-refractivity contribution in [1.82, 2.24) is 14.9 Å². The molecule has 3 rings (SSSR count). The van der Waals surface area contributed by atoms with Crippen LogP contribution in [0, 0.1) is 0 Å². The Morgan fingerprint density at radius 3 is 2.81 bits per heavy atom. The Morgan fingerprint density at radius 1 is 1.35 bits per heavy atom. The third-order valence-electron chi connectivity index (χ3n) is 3.88. The summed E-state index contributed by atoms with van der Waals surface area (Å²) >= 11 is 0.817. The molecule has 8 nitrogen and oxygen atoms in total. The molecule has 0 saturated carbocycles. The summed E-state index contributed by atoms with van der Waals surface area (Å²) in [5.41, 5.74) is 0.266. The predicted molar refractivity (Wildman–Crippen MR) is 97.7 cm³/mol. The van der Waals surface area contributed by atoms with Crippen LogP contribution >= 0.6 is 11.3 Å². The van der Waals surface area contributed by atoms with E-state index >= 15 is 0 Å². The molecule has 0 aliphatic carbocycles. The second-order valence-electron chi connectivity index (χ2n) is 6.55. The van der Waals surface area contributed by atoms with Crippen LogP contribution < -0.4 is 14.8 Å². The van der Waals surface area contributed by atoms with E-state index in [4.69, 9.17) is 4.74 Å². The van der Waals surface area contributed by atoms with Gasteiger partial charge in [-0.25, -0.2) is 13.1 Å². The van der Waals surface area contributed by atoms with E-state index in [0.29, 0.717) is 12.2 Å². The lowest BCUT2D eigenvalue weighted by molar-refractivity contribution is -0.115. The number of nitrogens with one attached hydrogen (secondary N) is 2. The Kier molecular flexibility index (Phi) is 5.00. The number of carbonyl (C=O) groups excluding carboxylic acids is 1. The molecule has 1 amide bonds. The molecule has 1 aromatic heterocycles. The summed E-state index contributed by atoms with van der Waals surface area (Å²) in [4.78, 5) is 11.4. The van der Waals surface area contributed by atoms with E-state index in [1.807, 2.05) is 38.1 Å². The van der Waals surface area contributed by atoms with Gasteiger partial charge >= 0.3 is 0 Å². The van der Waals surface area contributed by atoms with Gasteiger partial charge in [-0.1, -0.05) is 36.5 Å². The normalized spacial score (nSPS) is 18.7. The van der Waals surface area contributed by atoms with Crippen molar-refractivity contribution in [2.45, 2.75) is 49.6 Å². The van der Waals surface area contributed by atoms with Crippen LogP contribution in [0.1, 0.15) is 45.2 Å². The summed E-state index contributed by atoms with van der Waals surface area (Å²) in [7, 11) is -3.89. The lowest BCUT2D eigenvalue weighted by Crippen LogP contribution is -2.41.